The third kappa shape index (κ3) is 2.56. The van der Waals surface area contributed by atoms with E-state index in [1.807, 2.05) is 41.5 Å². The number of phenolic OH excluding ortho intramolecular Hbond substituents is 2. The number of benzene rings is 1. The van der Waals surface area contributed by atoms with Gasteiger partial charge in [0.1, 0.15) is 11.5 Å². The second kappa shape index (κ2) is 4.99. The Bertz CT molecular complexity index is 404. The van der Waals surface area contributed by atoms with E-state index in [0.717, 1.165) is 16.7 Å². The van der Waals surface area contributed by atoms with Crippen LogP contribution >= 0.6 is 0 Å². The first-order chi connectivity index (χ1) is 7.77. The van der Waals surface area contributed by atoms with Crippen molar-refractivity contribution < 1.29 is 10.2 Å². The molecule has 1 rings (SSSR count). The van der Waals surface area contributed by atoms with Crippen LogP contribution in [-0.4, -0.2) is 10.2 Å². The fourth-order valence-electron chi connectivity index (χ4n) is 2.35. The lowest BCUT2D eigenvalue weighted by Gasteiger charge is -2.22. The normalized spacial score (nSPS) is 11.8. The van der Waals surface area contributed by atoms with Crippen molar-refractivity contribution in [1.82, 2.24) is 0 Å². The van der Waals surface area contributed by atoms with E-state index in [1.54, 1.807) is 6.07 Å². The minimum absolute atomic E-state index is 0.206. The molecule has 0 aliphatic heterocycles. The van der Waals surface area contributed by atoms with Crippen LogP contribution in [0.25, 0.3) is 0 Å². The number of rotatable bonds is 3. The van der Waals surface area contributed by atoms with Crippen LogP contribution in [0.4, 0.5) is 0 Å². The van der Waals surface area contributed by atoms with Crippen LogP contribution in [0, 0.1) is 0 Å². The van der Waals surface area contributed by atoms with Gasteiger partial charge in [-0.15, -0.1) is 0 Å². The van der Waals surface area contributed by atoms with Crippen molar-refractivity contribution in [2.24, 2.45) is 0 Å². The molecule has 0 amide bonds. The van der Waals surface area contributed by atoms with Gasteiger partial charge in [0.05, 0.1) is 0 Å². The second-order valence-corrected chi connectivity index (χ2v) is 5.62. The molecule has 0 aliphatic carbocycles. The molecule has 1 aromatic rings. The van der Waals surface area contributed by atoms with E-state index in [1.165, 1.54) is 0 Å². The second-order valence-electron chi connectivity index (χ2n) is 5.62. The van der Waals surface area contributed by atoms with Gasteiger partial charge >= 0.3 is 0 Å². The third-order valence-corrected chi connectivity index (χ3v) is 3.16. The smallest absolute Gasteiger partial charge is 0.123 e. The molecular formula is C15H24O2. The van der Waals surface area contributed by atoms with Gasteiger partial charge in [-0.3, -0.25) is 0 Å². The molecule has 0 heterocycles. The Morgan fingerprint density at radius 1 is 0.765 bits per heavy atom. The molecule has 0 aromatic heterocycles. The van der Waals surface area contributed by atoms with Crippen LogP contribution in [0.3, 0.4) is 0 Å². The first-order valence-corrected chi connectivity index (χ1v) is 6.35. The van der Waals surface area contributed by atoms with E-state index in [2.05, 4.69) is 0 Å². The third-order valence-electron chi connectivity index (χ3n) is 3.16. The summed E-state index contributed by atoms with van der Waals surface area (Å²) < 4.78 is 0. The molecule has 0 atom stereocenters. The molecule has 0 unspecified atom stereocenters. The summed E-state index contributed by atoms with van der Waals surface area (Å²) in [5, 5.41) is 20.5. The van der Waals surface area contributed by atoms with E-state index in [9.17, 15) is 10.2 Å². The van der Waals surface area contributed by atoms with Crippen molar-refractivity contribution >= 4 is 0 Å². The SMILES string of the molecule is CC(C)c1cc(O)c(C(C)C)c(C(C)C)c1O. The van der Waals surface area contributed by atoms with E-state index < -0.39 is 0 Å². The molecule has 0 bridgehead atoms. The topological polar surface area (TPSA) is 40.5 Å². The molecule has 0 aliphatic rings. The summed E-state index contributed by atoms with van der Waals surface area (Å²) in [4.78, 5) is 0. The maximum absolute atomic E-state index is 10.4. The van der Waals surface area contributed by atoms with Gasteiger partial charge in [0.15, 0.2) is 0 Å². The van der Waals surface area contributed by atoms with E-state index >= 15 is 0 Å². The first-order valence-electron chi connectivity index (χ1n) is 6.35. The highest BCUT2D eigenvalue weighted by Crippen LogP contribution is 2.43. The molecule has 0 saturated carbocycles. The van der Waals surface area contributed by atoms with Crippen LogP contribution in [0.2, 0.25) is 0 Å². The zero-order valence-corrected chi connectivity index (χ0v) is 11.7. The Hall–Kier alpha value is -1.18. The first kappa shape index (κ1) is 13.9. The van der Waals surface area contributed by atoms with Crippen molar-refractivity contribution in [3.8, 4) is 11.5 Å². The Labute approximate surface area is 104 Å². The van der Waals surface area contributed by atoms with Crippen LogP contribution < -0.4 is 0 Å². The summed E-state index contributed by atoms with van der Waals surface area (Å²) in [6.45, 7) is 12.2. The maximum atomic E-state index is 10.4. The number of hydrogen-bond acceptors (Lipinski definition) is 2. The van der Waals surface area contributed by atoms with E-state index in [4.69, 9.17) is 0 Å². The molecule has 2 N–H and O–H groups in total. The van der Waals surface area contributed by atoms with E-state index in [0.29, 0.717) is 11.5 Å². The van der Waals surface area contributed by atoms with Gasteiger partial charge in [0.2, 0.25) is 0 Å². The molecule has 0 radical (unpaired) electrons. The van der Waals surface area contributed by atoms with Crippen molar-refractivity contribution in [1.29, 1.82) is 0 Å². The zero-order chi connectivity index (χ0) is 13.3. The van der Waals surface area contributed by atoms with Crippen molar-refractivity contribution in [3.05, 3.63) is 22.8 Å². The van der Waals surface area contributed by atoms with Crippen LogP contribution in [0.5, 0.6) is 11.5 Å². The summed E-state index contributed by atoms with van der Waals surface area (Å²) in [5.41, 5.74) is 2.60. The molecule has 0 spiro atoms. The molecule has 1 aromatic carbocycles. The molecule has 0 fully saturated rings. The average molecular weight is 236 g/mol. The summed E-state index contributed by atoms with van der Waals surface area (Å²) in [7, 11) is 0. The van der Waals surface area contributed by atoms with Gasteiger partial charge in [-0.2, -0.15) is 0 Å². The largest absolute Gasteiger partial charge is 0.508 e. The zero-order valence-electron chi connectivity index (χ0n) is 11.7. The fraction of sp³-hybridized carbons (Fsp3) is 0.600. The lowest BCUT2D eigenvalue weighted by atomic mass is 9.85. The van der Waals surface area contributed by atoms with Gasteiger partial charge in [0.25, 0.3) is 0 Å². The van der Waals surface area contributed by atoms with Gasteiger partial charge in [0, 0.05) is 16.7 Å². The fourth-order valence-corrected chi connectivity index (χ4v) is 2.35. The van der Waals surface area contributed by atoms with Crippen molar-refractivity contribution in [2.75, 3.05) is 0 Å². The average Bonchev–Trinajstić information content (AvgIpc) is 2.18. The number of phenols is 2. The molecule has 17 heavy (non-hydrogen) atoms. The summed E-state index contributed by atoms with van der Waals surface area (Å²) in [6, 6.07) is 1.71. The summed E-state index contributed by atoms with van der Waals surface area (Å²) >= 11 is 0. The molecule has 0 saturated heterocycles. The predicted octanol–water partition coefficient (Wildman–Crippen LogP) is 4.47. The van der Waals surface area contributed by atoms with Crippen LogP contribution in [0.15, 0.2) is 6.07 Å². The highest BCUT2D eigenvalue weighted by atomic mass is 16.3. The quantitative estimate of drug-likeness (QED) is 0.760. The summed E-state index contributed by atoms with van der Waals surface area (Å²) in [5.74, 6) is 1.29. The summed E-state index contributed by atoms with van der Waals surface area (Å²) in [6.07, 6.45) is 0. The lowest BCUT2D eigenvalue weighted by Crippen LogP contribution is -2.03. The van der Waals surface area contributed by atoms with Crippen molar-refractivity contribution in [3.63, 3.8) is 0 Å². The van der Waals surface area contributed by atoms with Gasteiger partial charge < -0.3 is 10.2 Å². The maximum Gasteiger partial charge on any atom is 0.123 e. The standard InChI is InChI=1S/C15H24O2/c1-8(2)11-7-12(16)13(9(3)4)14(10(5)6)15(11)17/h7-10,16-17H,1-6H3. The highest BCUT2D eigenvalue weighted by Gasteiger charge is 2.22. The predicted molar refractivity (Wildman–Crippen MR) is 72.0 cm³/mol. The molecule has 2 nitrogen and oxygen atoms in total. The number of hydrogen-bond donors (Lipinski definition) is 2. The van der Waals surface area contributed by atoms with E-state index in [-0.39, 0.29) is 17.8 Å². The van der Waals surface area contributed by atoms with Gasteiger partial charge in [-0.1, -0.05) is 41.5 Å². The Morgan fingerprint density at radius 3 is 1.59 bits per heavy atom. The minimum atomic E-state index is 0.206. The monoisotopic (exact) mass is 236 g/mol. The Morgan fingerprint density at radius 2 is 1.24 bits per heavy atom. The minimum Gasteiger partial charge on any atom is -0.508 e. The Balaban J connectivity index is 3.59. The molecule has 2 heteroatoms. The van der Waals surface area contributed by atoms with Crippen molar-refractivity contribution in [2.45, 2.75) is 59.3 Å². The number of aromatic hydroxyl groups is 2. The Kier molecular flexibility index (Phi) is 4.07. The highest BCUT2D eigenvalue weighted by molar-refractivity contribution is 5.56. The van der Waals surface area contributed by atoms with Gasteiger partial charge in [-0.25, -0.2) is 0 Å². The van der Waals surface area contributed by atoms with Crippen LogP contribution in [-0.2, 0) is 0 Å². The molecule has 96 valence electrons. The van der Waals surface area contributed by atoms with Gasteiger partial charge in [-0.05, 0) is 23.8 Å². The lowest BCUT2D eigenvalue weighted by molar-refractivity contribution is 0.433. The molecular weight excluding hydrogens is 212 g/mol. The van der Waals surface area contributed by atoms with Crippen LogP contribution in [0.1, 0.15) is 76.0 Å².